The molecule has 2 aliphatic rings. The number of piperidine rings is 1. The highest BCUT2D eigenvalue weighted by Gasteiger charge is 2.51. The van der Waals surface area contributed by atoms with Gasteiger partial charge in [0.05, 0.1) is 12.1 Å². The second kappa shape index (κ2) is 7.97. The zero-order chi connectivity index (χ0) is 18.7. The van der Waals surface area contributed by atoms with Crippen LogP contribution < -0.4 is 15.5 Å². The molecule has 4 atom stereocenters. The van der Waals surface area contributed by atoms with Gasteiger partial charge in [0, 0.05) is 36.7 Å². The van der Waals surface area contributed by atoms with Crippen molar-refractivity contribution in [2.45, 2.75) is 57.6 Å². The van der Waals surface area contributed by atoms with Gasteiger partial charge in [-0.1, -0.05) is 25.0 Å². The van der Waals surface area contributed by atoms with Crippen LogP contribution in [0, 0.1) is 5.92 Å². The zero-order valence-electron chi connectivity index (χ0n) is 16.2. The Bertz CT molecular complexity index is 614. The minimum Gasteiger partial charge on any atom is -0.389 e. The summed E-state index contributed by atoms with van der Waals surface area (Å²) in [5.74, 6) is -0.0512. The van der Waals surface area contributed by atoms with Gasteiger partial charge in [-0.3, -0.25) is 4.79 Å². The number of rotatable bonds is 6. The summed E-state index contributed by atoms with van der Waals surface area (Å²) in [6.07, 6.45) is 4.95. The molecule has 0 radical (unpaired) electrons. The number of aliphatic hydroxyl groups is 1. The largest absolute Gasteiger partial charge is 0.389 e. The van der Waals surface area contributed by atoms with Crippen molar-refractivity contribution in [3.8, 4) is 0 Å². The molecule has 1 aromatic rings. The summed E-state index contributed by atoms with van der Waals surface area (Å²) in [4.78, 5) is 15.2. The number of primary amides is 1. The third kappa shape index (κ3) is 3.74. The Morgan fingerprint density at radius 2 is 1.92 bits per heavy atom. The molecule has 26 heavy (non-hydrogen) atoms. The zero-order valence-corrected chi connectivity index (χ0v) is 16.2. The number of nitrogens with one attached hydrogen (secondary N) is 1. The smallest absolute Gasteiger partial charge is 0.272 e. The predicted molar refractivity (Wildman–Crippen MR) is 104 cm³/mol. The number of hydrogen-bond donors (Lipinski definition) is 3. The highest BCUT2D eigenvalue weighted by atomic mass is 16.3. The molecule has 1 aliphatic carbocycles. The number of quaternary nitrogens is 1. The normalized spacial score (nSPS) is 31.3. The fourth-order valence-electron chi connectivity index (χ4n) is 5.23. The average molecular weight is 361 g/mol. The van der Waals surface area contributed by atoms with Crippen molar-refractivity contribution in [1.29, 1.82) is 0 Å². The molecular formula is C21H34N3O2+. The summed E-state index contributed by atoms with van der Waals surface area (Å²) in [5, 5.41) is 11.3. The topological polar surface area (TPSA) is 71.0 Å². The van der Waals surface area contributed by atoms with Gasteiger partial charge in [0.25, 0.3) is 5.91 Å². The monoisotopic (exact) mass is 360 g/mol. The molecule has 5 heteroatoms. The third-order valence-corrected chi connectivity index (χ3v) is 6.57. The summed E-state index contributed by atoms with van der Waals surface area (Å²) >= 11 is 0. The maximum Gasteiger partial charge on any atom is 0.272 e. The number of nitrogens with two attached hydrogens (primary N) is 1. The van der Waals surface area contributed by atoms with Crippen molar-refractivity contribution in [1.82, 2.24) is 0 Å². The SMILES string of the molecule is CCN(CC)c1ccc([C@@H]2[C@H]3CCCC[C@]3(O)CC[NH+]2CC(N)=O)cc1. The van der Waals surface area contributed by atoms with E-state index in [1.807, 2.05) is 0 Å². The maximum absolute atomic E-state index is 11.6. The number of anilines is 1. The summed E-state index contributed by atoms with van der Waals surface area (Å²) < 4.78 is 0. The maximum atomic E-state index is 11.6. The Labute approximate surface area is 157 Å². The van der Waals surface area contributed by atoms with E-state index in [-0.39, 0.29) is 17.9 Å². The van der Waals surface area contributed by atoms with Crippen molar-refractivity contribution in [3.63, 3.8) is 0 Å². The minimum atomic E-state index is -0.582. The van der Waals surface area contributed by atoms with Crippen molar-refractivity contribution >= 4 is 11.6 Å². The van der Waals surface area contributed by atoms with E-state index in [4.69, 9.17) is 5.73 Å². The van der Waals surface area contributed by atoms with Crippen LogP contribution >= 0.6 is 0 Å². The molecule has 0 aromatic heterocycles. The van der Waals surface area contributed by atoms with Gasteiger partial charge in [-0.25, -0.2) is 0 Å². The first-order valence-electron chi connectivity index (χ1n) is 10.2. The van der Waals surface area contributed by atoms with E-state index >= 15 is 0 Å². The number of hydrogen-bond acceptors (Lipinski definition) is 3. The van der Waals surface area contributed by atoms with Crippen LogP contribution in [0.3, 0.4) is 0 Å². The Hall–Kier alpha value is -1.59. The molecule has 144 valence electrons. The Kier molecular flexibility index (Phi) is 5.88. The van der Waals surface area contributed by atoms with Gasteiger partial charge in [0.2, 0.25) is 0 Å². The lowest BCUT2D eigenvalue weighted by Gasteiger charge is -2.50. The predicted octanol–water partition coefficient (Wildman–Crippen LogP) is 1.27. The molecule has 1 amide bonds. The van der Waals surface area contributed by atoms with Crippen LogP contribution in [-0.4, -0.2) is 42.8 Å². The summed E-state index contributed by atoms with van der Waals surface area (Å²) in [7, 11) is 0. The van der Waals surface area contributed by atoms with Crippen LogP contribution in [0.1, 0.15) is 57.6 Å². The van der Waals surface area contributed by atoms with Crippen LogP contribution in [0.15, 0.2) is 24.3 Å². The highest BCUT2D eigenvalue weighted by molar-refractivity contribution is 5.74. The van der Waals surface area contributed by atoms with Crippen LogP contribution in [0.5, 0.6) is 0 Å². The first kappa shape index (κ1) is 19.2. The number of carbonyl (C=O) groups is 1. The number of carbonyl (C=O) groups excluding carboxylic acids is 1. The van der Waals surface area contributed by atoms with Crippen LogP contribution in [-0.2, 0) is 4.79 Å². The molecule has 1 unspecified atom stereocenters. The van der Waals surface area contributed by atoms with E-state index in [0.717, 1.165) is 51.7 Å². The van der Waals surface area contributed by atoms with Crippen LogP contribution in [0.4, 0.5) is 5.69 Å². The van der Waals surface area contributed by atoms with E-state index in [1.54, 1.807) is 0 Å². The number of fused-ring (bicyclic) bond motifs is 1. The van der Waals surface area contributed by atoms with Gasteiger partial charge < -0.3 is 20.6 Å². The van der Waals surface area contributed by atoms with Gasteiger partial charge in [-0.2, -0.15) is 0 Å². The minimum absolute atomic E-state index is 0.146. The molecule has 0 bridgehead atoms. The molecule has 1 aliphatic heterocycles. The highest BCUT2D eigenvalue weighted by Crippen LogP contribution is 2.44. The quantitative estimate of drug-likeness (QED) is 0.715. The van der Waals surface area contributed by atoms with Crippen molar-refractivity contribution in [2.24, 2.45) is 11.7 Å². The first-order chi connectivity index (χ1) is 12.5. The second-order valence-corrected chi connectivity index (χ2v) is 8.00. The lowest BCUT2D eigenvalue weighted by Crippen LogP contribution is -3.16. The number of likely N-dealkylation sites (tertiary alicyclic amines) is 1. The van der Waals surface area contributed by atoms with Gasteiger partial charge in [0.1, 0.15) is 6.04 Å². The third-order valence-electron chi connectivity index (χ3n) is 6.57. The fourth-order valence-corrected chi connectivity index (χ4v) is 5.23. The van der Waals surface area contributed by atoms with E-state index in [1.165, 1.54) is 16.2 Å². The van der Waals surface area contributed by atoms with Crippen molar-refractivity contribution < 1.29 is 14.8 Å². The standard InChI is InChI=1S/C21H33N3O2/c1-3-23(4-2)17-10-8-16(9-11-17)20-18-7-5-6-12-21(18,26)13-14-24(20)15-19(22)25/h8-11,18,20,26H,3-7,12-15H2,1-2H3,(H2,22,25)/p+1/t18-,20-,21+/m1/s1. The molecule has 5 nitrogen and oxygen atoms in total. The Morgan fingerprint density at radius 1 is 1.23 bits per heavy atom. The summed E-state index contributed by atoms with van der Waals surface area (Å²) in [6, 6.07) is 8.90. The molecule has 1 aromatic carbocycles. The van der Waals surface area contributed by atoms with Gasteiger partial charge in [-0.05, 0) is 38.8 Å². The number of amides is 1. The lowest BCUT2D eigenvalue weighted by atomic mass is 9.66. The summed E-state index contributed by atoms with van der Waals surface area (Å²) in [5.41, 5.74) is 7.40. The first-order valence-corrected chi connectivity index (χ1v) is 10.2. The number of nitrogens with zero attached hydrogens (tertiary/aromatic N) is 1. The Balaban J connectivity index is 1.91. The van der Waals surface area contributed by atoms with Gasteiger partial charge in [-0.15, -0.1) is 0 Å². The number of benzene rings is 1. The molecule has 2 fully saturated rings. The van der Waals surface area contributed by atoms with E-state index in [9.17, 15) is 9.90 Å². The lowest BCUT2D eigenvalue weighted by molar-refractivity contribution is -0.937. The Morgan fingerprint density at radius 3 is 2.54 bits per heavy atom. The van der Waals surface area contributed by atoms with Crippen LogP contribution in [0.2, 0.25) is 0 Å². The summed E-state index contributed by atoms with van der Waals surface area (Å²) in [6.45, 7) is 7.45. The van der Waals surface area contributed by atoms with E-state index in [0.29, 0.717) is 6.54 Å². The molecule has 3 rings (SSSR count). The fraction of sp³-hybridized carbons (Fsp3) is 0.667. The molecule has 1 saturated carbocycles. The molecular weight excluding hydrogens is 326 g/mol. The molecule has 4 N–H and O–H groups in total. The molecule has 1 saturated heterocycles. The van der Waals surface area contributed by atoms with Crippen molar-refractivity contribution in [3.05, 3.63) is 29.8 Å². The average Bonchev–Trinajstić information content (AvgIpc) is 2.63. The molecule has 1 heterocycles. The molecule has 0 spiro atoms. The van der Waals surface area contributed by atoms with Crippen LogP contribution in [0.25, 0.3) is 0 Å². The second-order valence-electron chi connectivity index (χ2n) is 8.00. The van der Waals surface area contributed by atoms with E-state index < -0.39 is 5.60 Å². The van der Waals surface area contributed by atoms with Gasteiger partial charge in [0.15, 0.2) is 6.54 Å². The van der Waals surface area contributed by atoms with Crippen molar-refractivity contribution in [2.75, 3.05) is 31.1 Å². The van der Waals surface area contributed by atoms with E-state index in [2.05, 4.69) is 43.0 Å². The van der Waals surface area contributed by atoms with Gasteiger partial charge >= 0.3 is 0 Å².